The second kappa shape index (κ2) is 5.83. The number of hydrogen-bond donors (Lipinski definition) is 1. The molecule has 6 heteroatoms. The Kier molecular flexibility index (Phi) is 3.67. The number of hydrogen-bond acceptors (Lipinski definition) is 3. The fourth-order valence-electron chi connectivity index (χ4n) is 2.38. The molecule has 0 radical (unpaired) electrons. The van der Waals surface area contributed by atoms with E-state index in [1.807, 2.05) is 41.8 Å². The predicted octanol–water partition coefficient (Wildman–Crippen LogP) is 4.15. The molecule has 1 amide bonds. The van der Waals surface area contributed by atoms with Crippen molar-refractivity contribution in [2.24, 2.45) is 0 Å². The van der Waals surface area contributed by atoms with Gasteiger partial charge in [-0.1, -0.05) is 29.8 Å². The van der Waals surface area contributed by atoms with E-state index in [0.717, 1.165) is 23.4 Å². The zero-order chi connectivity index (χ0) is 15.8. The van der Waals surface area contributed by atoms with Crippen molar-refractivity contribution in [1.82, 2.24) is 15.1 Å². The average molecular weight is 344 g/mol. The Hall–Kier alpha value is -2.11. The van der Waals surface area contributed by atoms with E-state index in [1.54, 1.807) is 22.1 Å². The molecule has 3 aromatic rings. The third-order valence-corrected chi connectivity index (χ3v) is 4.92. The first-order valence-corrected chi connectivity index (χ1v) is 8.68. The van der Waals surface area contributed by atoms with Crippen LogP contribution in [0.15, 0.2) is 47.8 Å². The molecule has 0 saturated heterocycles. The van der Waals surface area contributed by atoms with Crippen LogP contribution in [0.4, 0.5) is 0 Å². The summed E-state index contributed by atoms with van der Waals surface area (Å²) >= 11 is 7.89. The molecule has 4 nitrogen and oxygen atoms in total. The molecule has 2 aromatic heterocycles. The van der Waals surface area contributed by atoms with Crippen LogP contribution in [0.3, 0.4) is 0 Å². The van der Waals surface area contributed by atoms with Crippen molar-refractivity contribution in [1.29, 1.82) is 0 Å². The topological polar surface area (TPSA) is 46.9 Å². The smallest absolute Gasteiger partial charge is 0.270 e. The molecule has 0 unspecified atom stereocenters. The lowest BCUT2D eigenvalue weighted by Gasteiger charge is -2.09. The second-order valence-electron chi connectivity index (χ2n) is 5.50. The lowest BCUT2D eigenvalue weighted by molar-refractivity contribution is 0.0943. The lowest BCUT2D eigenvalue weighted by atomic mass is 10.2. The van der Waals surface area contributed by atoms with Crippen LogP contribution < -0.4 is 5.32 Å². The van der Waals surface area contributed by atoms with Crippen molar-refractivity contribution in [2.45, 2.75) is 18.9 Å². The van der Waals surface area contributed by atoms with Crippen LogP contribution in [0.25, 0.3) is 16.3 Å². The summed E-state index contributed by atoms with van der Waals surface area (Å²) in [4.78, 5) is 13.6. The molecular formula is C17H14ClN3OS. The van der Waals surface area contributed by atoms with E-state index in [9.17, 15) is 4.79 Å². The van der Waals surface area contributed by atoms with Crippen molar-refractivity contribution in [2.75, 3.05) is 0 Å². The number of para-hydroxylation sites is 1. The number of benzene rings is 1. The number of carbonyl (C=O) groups excluding carboxylic acids is 1. The minimum Gasteiger partial charge on any atom is -0.348 e. The number of aromatic nitrogens is 2. The summed E-state index contributed by atoms with van der Waals surface area (Å²) in [6, 6.07) is 13.5. The van der Waals surface area contributed by atoms with Crippen LogP contribution in [0.1, 0.15) is 23.3 Å². The molecule has 1 aliphatic carbocycles. The number of rotatable bonds is 4. The summed E-state index contributed by atoms with van der Waals surface area (Å²) in [6.07, 6.45) is 2.09. The van der Waals surface area contributed by atoms with Crippen molar-refractivity contribution in [3.05, 3.63) is 58.6 Å². The lowest BCUT2D eigenvalue weighted by Crippen LogP contribution is -2.27. The van der Waals surface area contributed by atoms with Crippen LogP contribution >= 0.6 is 22.9 Å². The van der Waals surface area contributed by atoms with E-state index in [0.29, 0.717) is 22.4 Å². The first-order valence-electron chi connectivity index (χ1n) is 7.42. The molecular weight excluding hydrogens is 330 g/mol. The molecule has 0 spiro atoms. The molecule has 0 atom stereocenters. The Labute approximate surface area is 142 Å². The number of nitrogens with one attached hydrogen (secondary N) is 1. The van der Waals surface area contributed by atoms with Crippen molar-refractivity contribution < 1.29 is 4.79 Å². The van der Waals surface area contributed by atoms with Crippen LogP contribution in [-0.4, -0.2) is 21.7 Å². The predicted molar refractivity (Wildman–Crippen MR) is 92.4 cm³/mol. The SMILES string of the molecule is O=C(NC1CC1)c1cc(-c2cccs2)nn1-c1ccccc1Cl. The highest BCUT2D eigenvalue weighted by molar-refractivity contribution is 7.13. The van der Waals surface area contributed by atoms with Crippen LogP contribution in [0.5, 0.6) is 0 Å². The van der Waals surface area contributed by atoms with Gasteiger partial charge in [0.1, 0.15) is 11.4 Å². The van der Waals surface area contributed by atoms with Crippen LogP contribution in [0.2, 0.25) is 5.02 Å². The molecule has 1 aliphatic rings. The summed E-state index contributed by atoms with van der Waals surface area (Å²) < 4.78 is 1.63. The summed E-state index contributed by atoms with van der Waals surface area (Å²) in [5, 5.41) is 10.2. The quantitative estimate of drug-likeness (QED) is 0.773. The molecule has 4 rings (SSSR count). The second-order valence-corrected chi connectivity index (χ2v) is 6.86. The highest BCUT2D eigenvalue weighted by atomic mass is 35.5. The van der Waals surface area contributed by atoms with Gasteiger partial charge in [-0.3, -0.25) is 4.79 Å². The standard InChI is InChI=1S/C17H14ClN3OS/c18-12-4-1-2-5-14(12)21-15(17(22)19-11-7-8-11)10-13(20-21)16-6-3-9-23-16/h1-6,9-11H,7-8H2,(H,19,22). The van der Waals surface area contributed by atoms with Crippen LogP contribution in [0, 0.1) is 0 Å². The summed E-state index contributed by atoms with van der Waals surface area (Å²) in [7, 11) is 0. The van der Waals surface area contributed by atoms with Gasteiger partial charge in [0.05, 0.1) is 15.6 Å². The Morgan fingerprint density at radius 3 is 2.78 bits per heavy atom. The molecule has 1 aromatic carbocycles. The van der Waals surface area contributed by atoms with Gasteiger partial charge in [0, 0.05) is 6.04 Å². The van der Waals surface area contributed by atoms with Gasteiger partial charge >= 0.3 is 0 Å². The van der Waals surface area contributed by atoms with Gasteiger partial charge in [-0.15, -0.1) is 11.3 Å². The normalized spacial score (nSPS) is 14.0. The molecule has 0 aliphatic heterocycles. The molecule has 1 saturated carbocycles. The number of nitrogens with zero attached hydrogens (tertiary/aromatic N) is 2. The zero-order valence-corrected chi connectivity index (χ0v) is 13.8. The number of amides is 1. The fraction of sp³-hybridized carbons (Fsp3) is 0.176. The van der Waals surface area contributed by atoms with E-state index < -0.39 is 0 Å². The van der Waals surface area contributed by atoms with E-state index in [-0.39, 0.29) is 5.91 Å². The largest absolute Gasteiger partial charge is 0.348 e. The molecule has 2 heterocycles. The van der Waals surface area contributed by atoms with Gasteiger partial charge in [0.2, 0.25) is 0 Å². The Morgan fingerprint density at radius 1 is 1.26 bits per heavy atom. The van der Waals surface area contributed by atoms with E-state index in [1.165, 1.54) is 0 Å². The van der Waals surface area contributed by atoms with Gasteiger partial charge in [0.25, 0.3) is 5.91 Å². The molecule has 0 bridgehead atoms. The minimum absolute atomic E-state index is 0.109. The Balaban J connectivity index is 1.81. The van der Waals surface area contributed by atoms with Gasteiger partial charge in [-0.25, -0.2) is 4.68 Å². The number of carbonyl (C=O) groups is 1. The molecule has 1 N–H and O–H groups in total. The number of halogens is 1. The number of thiophene rings is 1. The third-order valence-electron chi connectivity index (χ3n) is 3.71. The Morgan fingerprint density at radius 2 is 2.09 bits per heavy atom. The highest BCUT2D eigenvalue weighted by Crippen LogP contribution is 2.28. The highest BCUT2D eigenvalue weighted by Gasteiger charge is 2.26. The average Bonchev–Trinajstić information content (AvgIpc) is 3.05. The molecule has 1 fully saturated rings. The monoisotopic (exact) mass is 343 g/mol. The zero-order valence-electron chi connectivity index (χ0n) is 12.2. The maximum Gasteiger partial charge on any atom is 0.270 e. The van der Waals surface area contributed by atoms with Crippen molar-refractivity contribution >= 4 is 28.8 Å². The maximum atomic E-state index is 12.6. The van der Waals surface area contributed by atoms with Gasteiger partial charge in [-0.05, 0) is 42.5 Å². The summed E-state index contributed by atoms with van der Waals surface area (Å²) in [5.74, 6) is -0.109. The van der Waals surface area contributed by atoms with E-state index in [2.05, 4.69) is 10.4 Å². The van der Waals surface area contributed by atoms with Crippen molar-refractivity contribution in [3.63, 3.8) is 0 Å². The molecule has 116 valence electrons. The fourth-order valence-corrected chi connectivity index (χ4v) is 3.28. The Bertz CT molecular complexity index is 853. The minimum atomic E-state index is -0.109. The van der Waals surface area contributed by atoms with E-state index in [4.69, 9.17) is 11.6 Å². The van der Waals surface area contributed by atoms with Gasteiger partial charge in [0.15, 0.2) is 0 Å². The first-order chi connectivity index (χ1) is 11.2. The first kappa shape index (κ1) is 14.5. The summed E-state index contributed by atoms with van der Waals surface area (Å²) in [5.41, 5.74) is 1.99. The summed E-state index contributed by atoms with van der Waals surface area (Å²) in [6.45, 7) is 0. The van der Waals surface area contributed by atoms with Gasteiger partial charge in [-0.2, -0.15) is 5.10 Å². The third kappa shape index (κ3) is 2.90. The van der Waals surface area contributed by atoms with Crippen molar-refractivity contribution in [3.8, 4) is 16.3 Å². The van der Waals surface area contributed by atoms with Crippen LogP contribution in [-0.2, 0) is 0 Å². The maximum absolute atomic E-state index is 12.6. The van der Waals surface area contributed by atoms with Gasteiger partial charge < -0.3 is 5.32 Å². The van der Waals surface area contributed by atoms with E-state index >= 15 is 0 Å². The molecule has 23 heavy (non-hydrogen) atoms.